The molecule has 2 atom stereocenters. The van der Waals surface area contributed by atoms with Crippen molar-refractivity contribution >= 4 is 23.2 Å². The molecule has 1 aliphatic rings. The van der Waals surface area contributed by atoms with Crippen molar-refractivity contribution in [1.29, 1.82) is 0 Å². The number of rotatable bonds is 0. The van der Waals surface area contributed by atoms with E-state index in [0.717, 1.165) is 24.0 Å². The average Bonchev–Trinajstić information content (AvgIpc) is 2.12. The first-order valence-electron chi connectivity index (χ1n) is 4.51. The number of benzene rings is 1. The highest BCUT2D eigenvalue weighted by Gasteiger charge is 2.26. The SMILES string of the molecule is N[C@H]1CCc2c(Cl)cc(Cl)cc2[C@@H]1O. The van der Waals surface area contributed by atoms with Gasteiger partial charge in [0.1, 0.15) is 0 Å². The van der Waals surface area contributed by atoms with E-state index in [1.165, 1.54) is 0 Å². The quantitative estimate of drug-likeness (QED) is 0.720. The molecule has 0 spiro atoms. The summed E-state index contributed by atoms with van der Waals surface area (Å²) in [5, 5.41) is 11.0. The number of hydrogen-bond acceptors (Lipinski definition) is 2. The lowest BCUT2D eigenvalue weighted by molar-refractivity contribution is 0.134. The lowest BCUT2D eigenvalue weighted by Crippen LogP contribution is -2.33. The lowest BCUT2D eigenvalue weighted by atomic mass is 9.86. The van der Waals surface area contributed by atoms with Crippen LogP contribution in [0, 0.1) is 0 Å². The summed E-state index contributed by atoms with van der Waals surface area (Å²) in [5.74, 6) is 0. The van der Waals surface area contributed by atoms with Crippen molar-refractivity contribution in [3.05, 3.63) is 33.3 Å². The number of nitrogens with two attached hydrogens (primary N) is 1. The Morgan fingerprint density at radius 1 is 1.36 bits per heavy atom. The Morgan fingerprint density at radius 2 is 2.07 bits per heavy atom. The first kappa shape index (κ1) is 10.2. The van der Waals surface area contributed by atoms with Gasteiger partial charge >= 0.3 is 0 Å². The summed E-state index contributed by atoms with van der Waals surface area (Å²) in [6, 6.07) is 3.23. The lowest BCUT2D eigenvalue weighted by Gasteiger charge is -2.28. The van der Waals surface area contributed by atoms with Gasteiger partial charge in [-0.3, -0.25) is 0 Å². The summed E-state index contributed by atoms with van der Waals surface area (Å²) in [4.78, 5) is 0. The molecule has 1 aromatic carbocycles. The van der Waals surface area contributed by atoms with E-state index >= 15 is 0 Å². The molecule has 0 saturated heterocycles. The molecule has 0 amide bonds. The number of aliphatic hydroxyl groups is 1. The summed E-state index contributed by atoms with van der Waals surface area (Å²) < 4.78 is 0. The van der Waals surface area contributed by atoms with Crippen LogP contribution in [-0.4, -0.2) is 11.1 Å². The fraction of sp³-hybridized carbons (Fsp3) is 0.400. The molecule has 0 aromatic heterocycles. The van der Waals surface area contributed by atoms with Gasteiger partial charge in [0, 0.05) is 16.1 Å². The van der Waals surface area contributed by atoms with Crippen molar-refractivity contribution in [2.24, 2.45) is 5.73 Å². The third-order valence-electron chi connectivity index (χ3n) is 2.65. The van der Waals surface area contributed by atoms with Gasteiger partial charge in [-0.2, -0.15) is 0 Å². The van der Waals surface area contributed by atoms with Gasteiger partial charge in [-0.25, -0.2) is 0 Å². The van der Waals surface area contributed by atoms with Crippen LogP contribution >= 0.6 is 23.2 Å². The Kier molecular flexibility index (Phi) is 2.71. The molecule has 0 heterocycles. The van der Waals surface area contributed by atoms with Crippen molar-refractivity contribution in [1.82, 2.24) is 0 Å². The number of halogens is 2. The Balaban J connectivity index is 2.54. The van der Waals surface area contributed by atoms with Gasteiger partial charge in [0.05, 0.1) is 6.10 Å². The number of hydrogen-bond donors (Lipinski definition) is 2. The van der Waals surface area contributed by atoms with Crippen LogP contribution in [0.4, 0.5) is 0 Å². The predicted molar refractivity (Wildman–Crippen MR) is 57.7 cm³/mol. The van der Waals surface area contributed by atoms with Crippen LogP contribution < -0.4 is 5.73 Å². The molecule has 0 aliphatic heterocycles. The summed E-state index contributed by atoms with van der Waals surface area (Å²) in [5.41, 5.74) is 7.51. The normalized spacial score (nSPS) is 26.0. The van der Waals surface area contributed by atoms with Crippen LogP contribution in [0.15, 0.2) is 12.1 Å². The zero-order valence-electron chi connectivity index (χ0n) is 7.50. The van der Waals surface area contributed by atoms with Crippen LogP contribution in [0.5, 0.6) is 0 Å². The fourth-order valence-corrected chi connectivity index (χ4v) is 2.45. The standard InChI is InChI=1S/C10H11Cl2NO/c11-5-3-7-6(8(12)4-5)1-2-9(13)10(7)14/h3-4,9-10,14H,1-2,13H2/t9-,10-/m0/s1. The van der Waals surface area contributed by atoms with Crippen LogP contribution in [-0.2, 0) is 6.42 Å². The van der Waals surface area contributed by atoms with E-state index < -0.39 is 6.10 Å². The van der Waals surface area contributed by atoms with Gasteiger partial charge < -0.3 is 10.8 Å². The first-order chi connectivity index (χ1) is 6.59. The Hall–Kier alpha value is -0.280. The maximum Gasteiger partial charge on any atom is 0.0944 e. The van der Waals surface area contributed by atoms with Crippen LogP contribution in [0.1, 0.15) is 23.7 Å². The van der Waals surface area contributed by atoms with Crippen molar-refractivity contribution in [3.8, 4) is 0 Å². The van der Waals surface area contributed by atoms with Crippen molar-refractivity contribution < 1.29 is 5.11 Å². The molecular formula is C10H11Cl2NO. The Bertz CT molecular complexity index is 367. The van der Waals surface area contributed by atoms with Gasteiger partial charge in [0.15, 0.2) is 0 Å². The van der Waals surface area contributed by atoms with E-state index in [1.54, 1.807) is 12.1 Å². The van der Waals surface area contributed by atoms with E-state index in [-0.39, 0.29) is 6.04 Å². The van der Waals surface area contributed by atoms with Gasteiger partial charge in [-0.05, 0) is 36.1 Å². The maximum atomic E-state index is 9.84. The first-order valence-corrected chi connectivity index (χ1v) is 5.26. The molecular weight excluding hydrogens is 221 g/mol. The van der Waals surface area contributed by atoms with Gasteiger partial charge in [-0.15, -0.1) is 0 Å². The molecule has 3 N–H and O–H groups in total. The molecule has 0 fully saturated rings. The summed E-state index contributed by atoms with van der Waals surface area (Å²) in [7, 11) is 0. The second kappa shape index (κ2) is 3.70. The molecule has 1 aliphatic carbocycles. The Labute approximate surface area is 92.6 Å². The molecule has 14 heavy (non-hydrogen) atoms. The monoisotopic (exact) mass is 231 g/mol. The van der Waals surface area contributed by atoms with Crippen LogP contribution in [0.2, 0.25) is 10.0 Å². The highest BCUT2D eigenvalue weighted by molar-refractivity contribution is 6.35. The number of fused-ring (bicyclic) bond motifs is 1. The average molecular weight is 232 g/mol. The molecule has 2 rings (SSSR count). The molecule has 1 aromatic rings. The highest BCUT2D eigenvalue weighted by Crippen LogP contribution is 2.35. The van der Waals surface area contributed by atoms with E-state index in [4.69, 9.17) is 28.9 Å². The second-order valence-corrected chi connectivity index (χ2v) is 4.45. The fourth-order valence-electron chi connectivity index (χ4n) is 1.85. The van der Waals surface area contributed by atoms with E-state index in [2.05, 4.69) is 0 Å². The van der Waals surface area contributed by atoms with Crippen LogP contribution in [0.25, 0.3) is 0 Å². The van der Waals surface area contributed by atoms with Crippen LogP contribution in [0.3, 0.4) is 0 Å². The van der Waals surface area contributed by atoms with Gasteiger partial charge in [-0.1, -0.05) is 23.2 Å². The molecule has 0 unspecified atom stereocenters. The smallest absolute Gasteiger partial charge is 0.0944 e. The third-order valence-corrected chi connectivity index (χ3v) is 3.20. The minimum Gasteiger partial charge on any atom is -0.387 e. The van der Waals surface area contributed by atoms with Crippen molar-refractivity contribution in [3.63, 3.8) is 0 Å². The largest absolute Gasteiger partial charge is 0.387 e. The number of aliphatic hydroxyl groups excluding tert-OH is 1. The summed E-state index contributed by atoms with van der Waals surface area (Å²) in [6.45, 7) is 0. The third kappa shape index (κ3) is 1.63. The Morgan fingerprint density at radius 3 is 2.79 bits per heavy atom. The van der Waals surface area contributed by atoms with Crippen molar-refractivity contribution in [2.45, 2.75) is 25.0 Å². The molecule has 0 bridgehead atoms. The molecule has 0 saturated carbocycles. The van der Waals surface area contributed by atoms with E-state index in [0.29, 0.717) is 10.0 Å². The zero-order chi connectivity index (χ0) is 10.3. The molecule has 76 valence electrons. The topological polar surface area (TPSA) is 46.2 Å². The van der Waals surface area contributed by atoms with Gasteiger partial charge in [0.25, 0.3) is 0 Å². The van der Waals surface area contributed by atoms with E-state index in [9.17, 15) is 5.11 Å². The highest BCUT2D eigenvalue weighted by atomic mass is 35.5. The molecule has 0 radical (unpaired) electrons. The van der Waals surface area contributed by atoms with Gasteiger partial charge in [0.2, 0.25) is 0 Å². The minimum atomic E-state index is -0.644. The van der Waals surface area contributed by atoms with Crippen molar-refractivity contribution in [2.75, 3.05) is 0 Å². The maximum absolute atomic E-state index is 9.84. The predicted octanol–water partition coefficient (Wildman–Crippen LogP) is 2.30. The summed E-state index contributed by atoms with van der Waals surface area (Å²) >= 11 is 11.9. The second-order valence-electron chi connectivity index (χ2n) is 3.60. The zero-order valence-corrected chi connectivity index (χ0v) is 9.02. The van der Waals surface area contributed by atoms with E-state index in [1.807, 2.05) is 0 Å². The molecule has 4 heteroatoms. The summed E-state index contributed by atoms with van der Waals surface area (Å²) in [6.07, 6.45) is 0.925. The molecule has 2 nitrogen and oxygen atoms in total. The minimum absolute atomic E-state index is 0.211.